The quantitative estimate of drug-likeness (QED) is 0.766. The number of nitrogens with zero attached hydrogens (tertiary/aromatic N) is 4. The molecule has 0 radical (unpaired) electrons. The van der Waals surface area contributed by atoms with E-state index < -0.39 is 0 Å². The van der Waals surface area contributed by atoms with Crippen LogP contribution < -0.4 is 4.90 Å². The number of aliphatic hydroxyl groups is 1. The second kappa shape index (κ2) is 9.31. The Morgan fingerprint density at radius 2 is 2.04 bits per heavy atom. The molecular formula is C19H34N4OS. The summed E-state index contributed by atoms with van der Waals surface area (Å²) < 4.78 is 0. The van der Waals surface area contributed by atoms with Crippen molar-refractivity contribution in [3.8, 4) is 0 Å². The molecule has 142 valence electrons. The summed E-state index contributed by atoms with van der Waals surface area (Å²) in [4.78, 5) is 13.6. The number of aromatic nitrogens is 1. The van der Waals surface area contributed by atoms with Crippen molar-refractivity contribution in [2.24, 2.45) is 5.92 Å². The van der Waals surface area contributed by atoms with Gasteiger partial charge in [0.2, 0.25) is 0 Å². The molecule has 2 aliphatic heterocycles. The van der Waals surface area contributed by atoms with E-state index in [9.17, 15) is 5.11 Å². The van der Waals surface area contributed by atoms with Gasteiger partial charge in [0, 0.05) is 63.0 Å². The first kappa shape index (κ1) is 19.1. The highest BCUT2D eigenvalue weighted by Crippen LogP contribution is 2.27. The zero-order valence-corrected chi connectivity index (χ0v) is 16.7. The van der Waals surface area contributed by atoms with Gasteiger partial charge in [0.15, 0.2) is 5.13 Å². The largest absolute Gasteiger partial charge is 0.396 e. The molecule has 3 rings (SSSR count). The van der Waals surface area contributed by atoms with Crippen molar-refractivity contribution in [3.05, 3.63) is 11.1 Å². The summed E-state index contributed by atoms with van der Waals surface area (Å²) in [6.45, 7) is 12.7. The summed E-state index contributed by atoms with van der Waals surface area (Å²) in [5.74, 6) is 0.744. The maximum atomic E-state index is 9.46. The molecule has 2 fully saturated rings. The minimum Gasteiger partial charge on any atom is -0.396 e. The predicted molar refractivity (Wildman–Crippen MR) is 105 cm³/mol. The predicted octanol–water partition coefficient (Wildman–Crippen LogP) is 2.66. The Hall–Kier alpha value is -0.690. The summed E-state index contributed by atoms with van der Waals surface area (Å²) in [6, 6.07) is 0.489. The first-order chi connectivity index (χ1) is 12.2. The van der Waals surface area contributed by atoms with Crippen LogP contribution in [0.25, 0.3) is 0 Å². The summed E-state index contributed by atoms with van der Waals surface area (Å²) in [5.41, 5.74) is 0. The highest BCUT2D eigenvalue weighted by Gasteiger charge is 2.27. The number of hydrogen-bond donors (Lipinski definition) is 1. The van der Waals surface area contributed by atoms with Gasteiger partial charge in [0.1, 0.15) is 0 Å². The average Bonchev–Trinajstić information content (AvgIpc) is 3.25. The van der Waals surface area contributed by atoms with Crippen LogP contribution in [0.15, 0.2) is 6.20 Å². The molecule has 3 heterocycles. The van der Waals surface area contributed by atoms with E-state index in [1.54, 1.807) is 0 Å². The Bertz CT molecular complexity index is 515. The van der Waals surface area contributed by atoms with E-state index in [0.717, 1.165) is 45.1 Å². The second-order valence-electron chi connectivity index (χ2n) is 7.92. The van der Waals surface area contributed by atoms with Crippen LogP contribution in [0.5, 0.6) is 0 Å². The summed E-state index contributed by atoms with van der Waals surface area (Å²) in [7, 11) is 0. The molecule has 1 atom stereocenters. The SMILES string of the molecule is CC(C)CCN1CCN(Cc2cnc(N3CCCC3)s2)C[C@@H]1CCO. The minimum atomic E-state index is 0.288. The molecule has 0 bridgehead atoms. The molecule has 0 unspecified atom stereocenters. The van der Waals surface area contributed by atoms with E-state index in [2.05, 4.69) is 39.7 Å². The van der Waals surface area contributed by atoms with E-state index in [-0.39, 0.29) is 6.61 Å². The maximum absolute atomic E-state index is 9.46. The number of thiazole rings is 1. The lowest BCUT2D eigenvalue weighted by atomic mass is 10.1. The molecular weight excluding hydrogens is 332 g/mol. The van der Waals surface area contributed by atoms with Crippen LogP contribution in [0.2, 0.25) is 0 Å². The molecule has 5 nitrogen and oxygen atoms in total. The molecule has 1 N–H and O–H groups in total. The molecule has 0 saturated carbocycles. The zero-order chi connectivity index (χ0) is 17.6. The highest BCUT2D eigenvalue weighted by atomic mass is 32.1. The molecule has 0 amide bonds. The first-order valence-electron chi connectivity index (χ1n) is 9.92. The lowest BCUT2D eigenvalue weighted by Gasteiger charge is -2.41. The topological polar surface area (TPSA) is 42.8 Å². The lowest BCUT2D eigenvalue weighted by Crippen LogP contribution is -2.53. The third-order valence-corrected chi connectivity index (χ3v) is 6.49. The van der Waals surface area contributed by atoms with Crippen LogP contribution in [0.3, 0.4) is 0 Å². The van der Waals surface area contributed by atoms with Gasteiger partial charge in [-0.05, 0) is 38.1 Å². The Morgan fingerprint density at radius 1 is 1.24 bits per heavy atom. The minimum absolute atomic E-state index is 0.288. The lowest BCUT2D eigenvalue weighted by molar-refractivity contribution is 0.0528. The summed E-state index contributed by atoms with van der Waals surface area (Å²) in [5, 5.41) is 10.7. The monoisotopic (exact) mass is 366 g/mol. The van der Waals surface area contributed by atoms with E-state index in [1.807, 2.05) is 11.3 Å². The maximum Gasteiger partial charge on any atom is 0.185 e. The molecule has 6 heteroatoms. The van der Waals surface area contributed by atoms with Crippen LogP contribution in [0, 0.1) is 5.92 Å². The smallest absolute Gasteiger partial charge is 0.185 e. The molecule has 1 aromatic rings. The molecule has 0 aromatic carbocycles. The number of anilines is 1. The van der Waals surface area contributed by atoms with Crippen LogP contribution in [-0.4, -0.2) is 71.8 Å². The molecule has 0 aliphatic carbocycles. The van der Waals surface area contributed by atoms with Crippen molar-refractivity contribution in [1.29, 1.82) is 0 Å². The fourth-order valence-corrected chi connectivity index (χ4v) is 4.89. The molecule has 0 spiro atoms. The van der Waals surface area contributed by atoms with Gasteiger partial charge in [-0.15, -0.1) is 11.3 Å². The number of hydrogen-bond acceptors (Lipinski definition) is 6. The van der Waals surface area contributed by atoms with Gasteiger partial charge in [0.05, 0.1) is 0 Å². The fraction of sp³-hybridized carbons (Fsp3) is 0.842. The second-order valence-corrected chi connectivity index (χ2v) is 9.02. The van der Waals surface area contributed by atoms with E-state index in [1.165, 1.54) is 42.4 Å². The molecule has 2 aliphatic rings. The fourth-order valence-electron chi connectivity index (χ4n) is 3.89. The van der Waals surface area contributed by atoms with Gasteiger partial charge >= 0.3 is 0 Å². The third-order valence-electron chi connectivity index (χ3n) is 5.44. The zero-order valence-electron chi connectivity index (χ0n) is 15.9. The van der Waals surface area contributed by atoms with E-state index >= 15 is 0 Å². The van der Waals surface area contributed by atoms with Gasteiger partial charge in [-0.25, -0.2) is 4.98 Å². The van der Waals surface area contributed by atoms with Crippen molar-refractivity contribution in [2.45, 2.75) is 52.1 Å². The van der Waals surface area contributed by atoms with Crippen molar-refractivity contribution in [1.82, 2.24) is 14.8 Å². The Morgan fingerprint density at radius 3 is 2.76 bits per heavy atom. The normalized spacial score (nSPS) is 23.0. The Balaban J connectivity index is 1.53. The number of rotatable bonds is 8. The standard InChI is InChI=1S/C19H34N4OS/c1-16(2)5-9-22-11-10-21(14-17(22)6-12-24)15-18-13-20-19(25-18)23-7-3-4-8-23/h13,16-17,24H,3-12,14-15H2,1-2H3/t17-/m0/s1. The Labute approximate surface area is 156 Å². The average molecular weight is 367 g/mol. The van der Waals surface area contributed by atoms with Crippen LogP contribution in [0.1, 0.15) is 44.4 Å². The van der Waals surface area contributed by atoms with Crippen molar-refractivity contribution in [3.63, 3.8) is 0 Å². The molecule has 2 saturated heterocycles. The molecule has 1 aromatic heterocycles. The van der Waals surface area contributed by atoms with Crippen molar-refractivity contribution in [2.75, 3.05) is 50.8 Å². The third kappa shape index (κ3) is 5.39. The van der Waals surface area contributed by atoms with Gasteiger partial charge in [-0.2, -0.15) is 0 Å². The number of piperazine rings is 1. The van der Waals surface area contributed by atoms with Crippen LogP contribution in [0.4, 0.5) is 5.13 Å². The number of aliphatic hydroxyl groups excluding tert-OH is 1. The summed E-state index contributed by atoms with van der Waals surface area (Å²) in [6.07, 6.45) is 6.81. The van der Waals surface area contributed by atoms with Crippen LogP contribution in [-0.2, 0) is 6.54 Å². The first-order valence-corrected chi connectivity index (χ1v) is 10.7. The molecule has 25 heavy (non-hydrogen) atoms. The van der Waals surface area contributed by atoms with Gasteiger partial charge < -0.3 is 10.0 Å². The van der Waals surface area contributed by atoms with E-state index in [4.69, 9.17) is 0 Å². The van der Waals surface area contributed by atoms with Gasteiger partial charge in [0.25, 0.3) is 0 Å². The van der Waals surface area contributed by atoms with Gasteiger partial charge in [-0.3, -0.25) is 9.80 Å². The van der Waals surface area contributed by atoms with Gasteiger partial charge in [-0.1, -0.05) is 13.8 Å². The van der Waals surface area contributed by atoms with Crippen molar-refractivity contribution < 1.29 is 5.11 Å². The van der Waals surface area contributed by atoms with E-state index in [0.29, 0.717) is 6.04 Å². The van der Waals surface area contributed by atoms with Crippen LogP contribution >= 0.6 is 11.3 Å². The van der Waals surface area contributed by atoms with Crippen molar-refractivity contribution >= 4 is 16.5 Å². The summed E-state index contributed by atoms with van der Waals surface area (Å²) >= 11 is 1.86. The Kier molecular flexibility index (Phi) is 7.10. The highest BCUT2D eigenvalue weighted by molar-refractivity contribution is 7.15.